The number of nitrogens with one attached hydrogen (secondary N) is 2. The molecule has 0 aliphatic rings. The number of aromatic nitrogens is 2. The van der Waals surface area contributed by atoms with E-state index in [0.717, 1.165) is 22.8 Å². The van der Waals surface area contributed by atoms with Crippen molar-refractivity contribution in [2.24, 2.45) is 0 Å². The molecule has 2 nitrogen and oxygen atoms in total. The van der Waals surface area contributed by atoms with Gasteiger partial charge < -0.3 is 9.97 Å². The molecule has 0 aliphatic heterocycles. The highest BCUT2D eigenvalue weighted by atomic mass is 14.8. The lowest BCUT2D eigenvalue weighted by molar-refractivity contribution is 1.32. The normalized spacial score (nSPS) is 10.7. The topological polar surface area (TPSA) is 31.6 Å². The molecule has 0 saturated heterocycles. The van der Waals surface area contributed by atoms with Gasteiger partial charge in [-0.05, 0) is 35.4 Å². The van der Waals surface area contributed by atoms with E-state index in [0.29, 0.717) is 0 Å². The molecule has 0 radical (unpaired) electrons. The molecule has 0 bridgehead atoms. The first-order chi connectivity index (χ1) is 10.9. The maximum Gasteiger partial charge on any atom is 0.0624 e. The summed E-state index contributed by atoms with van der Waals surface area (Å²) < 4.78 is 0. The van der Waals surface area contributed by atoms with E-state index in [1.165, 1.54) is 11.1 Å². The van der Waals surface area contributed by atoms with E-state index < -0.39 is 0 Å². The van der Waals surface area contributed by atoms with E-state index in [2.05, 4.69) is 82.8 Å². The minimum Gasteiger partial charge on any atom is -0.353 e. The molecular weight excluding hydrogens is 268 g/mol. The zero-order valence-electron chi connectivity index (χ0n) is 12.1. The lowest BCUT2D eigenvalue weighted by atomic mass is 10.2. The van der Waals surface area contributed by atoms with Crippen molar-refractivity contribution in [2.75, 3.05) is 0 Å². The van der Waals surface area contributed by atoms with Crippen molar-refractivity contribution < 1.29 is 0 Å². The molecule has 0 atom stereocenters. The quantitative estimate of drug-likeness (QED) is 0.508. The van der Waals surface area contributed by atoms with E-state index in [4.69, 9.17) is 0 Å². The van der Waals surface area contributed by atoms with Crippen LogP contribution in [0.3, 0.4) is 0 Å². The van der Waals surface area contributed by atoms with Gasteiger partial charge >= 0.3 is 0 Å². The third-order valence-corrected chi connectivity index (χ3v) is 3.83. The summed E-state index contributed by atoms with van der Waals surface area (Å²) in [5, 5.41) is 0. The van der Waals surface area contributed by atoms with Crippen molar-refractivity contribution in [1.82, 2.24) is 9.97 Å². The van der Waals surface area contributed by atoms with Gasteiger partial charge in [0, 0.05) is 11.4 Å². The maximum absolute atomic E-state index is 3.48. The van der Waals surface area contributed by atoms with Crippen LogP contribution in [0.2, 0.25) is 0 Å². The fourth-order valence-corrected chi connectivity index (χ4v) is 2.68. The molecule has 0 amide bonds. The van der Waals surface area contributed by atoms with Crippen LogP contribution in [0.4, 0.5) is 0 Å². The molecule has 106 valence electrons. The van der Waals surface area contributed by atoms with Crippen LogP contribution in [0, 0.1) is 0 Å². The second kappa shape index (κ2) is 5.41. The summed E-state index contributed by atoms with van der Waals surface area (Å²) in [6.45, 7) is 0. The Balaban J connectivity index is 1.66. The molecule has 2 heterocycles. The minimum atomic E-state index is 1.10. The average Bonchev–Trinajstić information content (AvgIpc) is 3.26. The summed E-state index contributed by atoms with van der Waals surface area (Å²) >= 11 is 0. The smallest absolute Gasteiger partial charge is 0.0624 e. The van der Waals surface area contributed by atoms with E-state index in [-0.39, 0.29) is 0 Å². The number of H-pyrrole nitrogens is 2. The van der Waals surface area contributed by atoms with E-state index >= 15 is 0 Å². The van der Waals surface area contributed by atoms with E-state index in [9.17, 15) is 0 Å². The van der Waals surface area contributed by atoms with Gasteiger partial charge in [0.2, 0.25) is 0 Å². The van der Waals surface area contributed by atoms with Gasteiger partial charge in [0.15, 0.2) is 0 Å². The molecule has 2 N–H and O–H groups in total. The van der Waals surface area contributed by atoms with Crippen molar-refractivity contribution in [3.05, 3.63) is 84.9 Å². The van der Waals surface area contributed by atoms with Crippen molar-refractivity contribution >= 4 is 0 Å². The largest absolute Gasteiger partial charge is 0.353 e. The number of hydrogen-bond acceptors (Lipinski definition) is 0. The Morgan fingerprint density at radius 1 is 0.364 bits per heavy atom. The van der Waals surface area contributed by atoms with Crippen molar-refractivity contribution in [3.63, 3.8) is 0 Å². The predicted molar refractivity (Wildman–Crippen MR) is 91.5 cm³/mol. The number of hydrogen-bond donors (Lipinski definition) is 2. The molecule has 4 aromatic rings. The number of aromatic amines is 2. The predicted octanol–water partition coefficient (Wildman–Crippen LogP) is 5.34. The van der Waals surface area contributed by atoms with Gasteiger partial charge in [0.05, 0.1) is 11.4 Å². The molecule has 2 aromatic heterocycles. The molecule has 0 fully saturated rings. The van der Waals surface area contributed by atoms with Crippen LogP contribution in [-0.2, 0) is 0 Å². The summed E-state index contributed by atoms with van der Waals surface area (Å²) in [5.74, 6) is 0. The van der Waals surface area contributed by atoms with Gasteiger partial charge in [-0.3, -0.25) is 0 Å². The number of rotatable bonds is 3. The van der Waals surface area contributed by atoms with Crippen LogP contribution in [-0.4, -0.2) is 9.97 Å². The zero-order chi connectivity index (χ0) is 14.8. The standard InChI is InChI=1S/C20H16N2/c1-3-7-15(8-4-1)17-11-13-19(21-17)20-14-12-18(22-20)16-9-5-2-6-10-16/h1-14,21-22H. The fraction of sp³-hybridized carbons (Fsp3) is 0. The van der Waals surface area contributed by atoms with Gasteiger partial charge in [-0.1, -0.05) is 60.7 Å². The monoisotopic (exact) mass is 284 g/mol. The molecule has 22 heavy (non-hydrogen) atoms. The summed E-state index contributed by atoms with van der Waals surface area (Å²) in [5.41, 5.74) is 6.85. The Kier molecular flexibility index (Phi) is 3.13. The van der Waals surface area contributed by atoms with Crippen LogP contribution < -0.4 is 0 Å². The summed E-state index contributed by atoms with van der Waals surface area (Å²) in [4.78, 5) is 6.96. The van der Waals surface area contributed by atoms with Gasteiger partial charge in [0.25, 0.3) is 0 Å². The molecule has 2 aromatic carbocycles. The van der Waals surface area contributed by atoms with Crippen molar-refractivity contribution in [3.8, 4) is 33.9 Å². The van der Waals surface area contributed by atoms with Crippen LogP contribution >= 0.6 is 0 Å². The Morgan fingerprint density at radius 2 is 0.727 bits per heavy atom. The van der Waals surface area contributed by atoms with Crippen LogP contribution in [0.5, 0.6) is 0 Å². The second-order valence-corrected chi connectivity index (χ2v) is 5.30. The second-order valence-electron chi connectivity index (χ2n) is 5.30. The third kappa shape index (κ3) is 2.35. The Morgan fingerprint density at radius 3 is 1.14 bits per heavy atom. The SMILES string of the molecule is c1ccc(-c2ccc(-c3ccc(-c4ccccc4)[nH]3)[nH]2)cc1. The van der Waals surface area contributed by atoms with Crippen LogP contribution in [0.25, 0.3) is 33.9 Å². The summed E-state index contributed by atoms with van der Waals surface area (Å²) in [6, 6.07) is 29.2. The average molecular weight is 284 g/mol. The molecule has 0 unspecified atom stereocenters. The van der Waals surface area contributed by atoms with E-state index in [1.54, 1.807) is 0 Å². The first kappa shape index (κ1) is 12.7. The minimum absolute atomic E-state index is 1.10. The van der Waals surface area contributed by atoms with Crippen molar-refractivity contribution in [2.45, 2.75) is 0 Å². The molecule has 4 rings (SSSR count). The summed E-state index contributed by atoms with van der Waals surface area (Å²) in [7, 11) is 0. The molecule has 0 spiro atoms. The first-order valence-corrected chi connectivity index (χ1v) is 7.39. The fourth-order valence-electron chi connectivity index (χ4n) is 2.68. The molecule has 0 saturated carbocycles. The van der Waals surface area contributed by atoms with Gasteiger partial charge in [-0.25, -0.2) is 0 Å². The Labute approximate surface area is 129 Å². The van der Waals surface area contributed by atoms with E-state index in [1.807, 2.05) is 12.1 Å². The van der Waals surface area contributed by atoms with Crippen LogP contribution in [0.1, 0.15) is 0 Å². The molecule has 2 heteroatoms. The lowest BCUT2D eigenvalue weighted by Gasteiger charge is -1.99. The van der Waals surface area contributed by atoms with Crippen molar-refractivity contribution in [1.29, 1.82) is 0 Å². The Bertz CT molecular complexity index is 794. The highest BCUT2D eigenvalue weighted by Crippen LogP contribution is 2.26. The highest BCUT2D eigenvalue weighted by Gasteiger charge is 2.06. The Hall–Kier alpha value is -3.00. The molecular formula is C20H16N2. The maximum atomic E-state index is 3.48. The molecule has 0 aliphatic carbocycles. The summed E-state index contributed by atoms with van der Waals surface area (Å²) in [6.07, 6.45) is 0. The van der Waals surface area contributed by atoms with Gasteiger partial charge in [-0.2, -0.15) is 0 Å². The van der Waals surface area contributed by atoms with Gasteiger partial charge in [0.1, 0.15) is 0 Å². The van der Waals surface area contributed by atoms with Crippen LogP contribution in [0.15, 0.2) is 84.9 Å². The first-order valence-electron chi connectivity index (χ1n) is 7.39. The number of benzene rings is 2. The highest BCUT2D eigenvalue weighted by molar-refractivity contribution is 5.70. The zero-order valence-corrected chi connectivity index (χ0v) is 12.1. The lowest BCUT2D eigenvalue weighted by Crippen LogP contribution is -1.81. The third-order valence-electron chi connectivity index (χ3n) is 3.83. The van der Waals surface area contributed by atoms with Gasteiger partial charge in [-0.15, -0.1) is 0 Å².